The van der Waals surface area contributed by atoms with Crippen molar-refractivity contribution in [2.45, 2.75) is 20.8 Å². The summed E-state index contributed by atoms with van der Waals surface area (Å²) in [5, 5.41) is 0. The molecule has 0 atom stereocenters. The maximum Gasteiger partial charge on any atom is 0.343 e. The quantitative estimate of drug-likeness (QED) is 0.471. The summed E-state index contributed by atoms with van der Waals surface area (Å²) in [6, 6.07) is 21.6. The highest BCUT2D eigenvalue weighted by molar-refractivity contribution is 5.91. The Labute approximate surface area is 142 Å². The van der Waals surface area contributed by atoms with Gasteiger partial charge in [0.05, 0.1) is 5.56 Å². The molecule has 0 saturated heterocycles. The molecular weight excluding hydrogens is 296 g/mol. The number of carbonyl (C=O) groups excluding carboxylic acids is 1. The summed E-state index contributed by atoms with van der Waals surface area (Å²) in [5.41, 5.74) is 6.11. The second kappa shape index (κ2) is 6.71. The number of rotatable bonds is 3. The van der Waals surface area contributed by atoms with Gasteiger partial charge >= 0.3 is 5.97 Å². The lowest BCUT2D eigenvalue weighted by atomic mass is 10.0. The average molecular weight is 316 g/mol. The van der Waals surface area contributed by atoms with Crippen molar-refractivity contribution < 1.29 is 9.53 Å². The minimum atomic E-state index is -0.332. The normalized spacial score (nSPS) is 10.5. The van der Waals surface area contributed by atoms with Gasteiger partial charge in [0.2, 0.25) is 0 Å². The fourth-order valence-corrected chi connectivity index (χ4v) is 2.62. The molecule has 3 aromatic carbocycles. The molecule has 0 amide bonds. The van der Waals surface area contributed by atoms with Gasteiger partial charge in [-0.25, -0.2) is 4.79 Å². The molecule has 0 aromatic heterocycles. The van der Waals surface area contributed by atoms with Gasteiger partial charge in [-0.1, -0.05) is 53.6 Å². The molecule has 0 bridgehead atoms. The third kappa shape index (κ3) is 3.54. The van der Waals surface area contributed by atoms with Crippen LogP contribution in [0.4, 0.5) is 0 Å². The van der Waals surface area contributed by atoms with Crippen LogP contribution >= 0.6 is 0 Å². The number of aryl methyl sites for hydroxylation is 3. The minimum absolute atomic E-state index is 0.332. The molecule has 0 fully saturated rings. The van der Waals surface area contributed by atoms with Crippen LogP contribution in [-0.2, 0) is 0 Å². The van der Waals surface area contributed by atoms with Gasteiger partial charge in [0.25, 0.3) is 0 Å². The van der Waals surface area contributed by atoms with Gasteiger partial charge in [0.1, 0.15) is 5.75 Å². The van der Waals surface area contributed by atoms with Crippen molar-refractivity contribution in [3.8, 4) is 16.9 Å². The highest BCUT2D eigenvalue weighted by Crippen LogP contribution is 2.27. The fraction of sp³-hybridized carbons (Fsp3) is 0.136. The molecular formula is C22H20O2. The van der Waals surface area contributed by atoms with Crippen molar-refractivity contribution in [3.05, 3.63) is 89.0 Å². The van der Waals surface area contributed by atoms with Crippen LogP contribution in [0.5, 0.6) is 5.75 Å². The molecule has 0 heterocycles. The van der Waals surface area contributed by atoms with Crippen molar-refractivity contribution in [1.29, 1.82) is 0 Å². The molecule has 0 aliphatic rings. The van der Waals surface area contributed by atoms with Crippen LogP contribution in [0.1, 0.15) is 27.0 Å². The Balaban J connectivity index is 1.82. The highest BCUT2D eigenvalue weighted by Gasteiger charge is 2.11. The minimum Gasteiger partial charge on any atom is -0.423 e. The van der Waals surface area contributed by atoms with Crippen molar-refractivity contribution in [3.63, 3.8) is 0 Å². The SMILES string of the molecule is Cc1ccc(C(=O)Oc2ccc(-c3cccc(C)c3)cc2C)cc1. The summed E-state index contributed by atoms with van der Waals surface area (Å²) in [6.07, 6.45) is 0. The summed E-state index contributed by atoms with van der Waals surface area (Å²) in [7, 11) is 0. The smallest absolute Gasteiger partial charge is 0.343 e. The molecule has 0 spiro atoms. The summed E-state index contributed by atoms with van der Waals surface area (Å²) in [5.74, 6) is 0.262. The molecule has 3 rings (SSSR count). The maximum absolute atomic E-state index is 12.3. The van der Waals surface area contributed by atoms with E-state index >= 15 is 0 Å². The van der Waals surface area contributed by atoms with E-state index in [4.69, 9.17) is 4.74 Å². The molecule has 0 aliphatic carbocycles. The van der Waals surface area contributed by atoms with E-state index in [1.807, 2.05) is 50.2 Å². The van der Waals surface area contributed by atoms with E-state index in [1.165, 1.54) is 5.56 Å². The van der Waals surface area contributed by atoms with Crippen molar-refractivity contribution in [1.82, 2.24) is 0 Å². The third-order valence-corrected chi connectivity index (χ3v) is 4.02. The van der Waals surface area contributed by atoms with Gasteiger partial charge in [-0.3, -0.25) is 0 Å². The van der Waals surface area contributed by atoms with Crippen molar-refractivity contribution in [2.24, 2.45) is 0 Å². The van der Waals surface area contributed by atoms with Crippen LogP contribution < -0.4 is 4.74 Å². The molecule has 0 N–H and O–H groups in total. The van der Waals surface area contributed by atoms with Crippen LogP contribution in [0.15, 0.2) is 66.7 Å². The zero-order valence-corrected chi connectivity index (χ0v) is 14.2. The largest absolute Gasteiger partial charge is 0.423 e. The standard InChI is InChI=1S/C22H20O2/c1-15-7-9-18(10-8-15)22(23)24-21-12-11-20(14-17(21)3)19-6-4-5-16(2)13-19/h4-14H,1-3H3. The first-order chi connectivity index (χ1) is 11.5. The first-order valence-corrected chi connectivity index (χ1v) is 7.99. The fourth-order valence-electron chi connectivity index (χ4n) is 2.62. The molecule has 0 radical (unpaired) electrons. The van der Waals surface area contributed by atoms with E-state index in [9.17, 15) is 4.79 Å². The number of benzene rings is 3. The molecule has 2 nitrogen and oxygen atoms in total. The van der Waals surface area contributed by atoms with Gasteiger partial charge < -0.3 is 4.74 Å². The Hall–Kier alpha value is -2.87. The first-order valence-electron chi connectivity index (χ1n) is 7.99. The Bertz CT molecular complexity index is 877. The lowest BCUT2D eigenvalue weighted by Crippen LogP contribution is -2.09. The van der Waals surface area contributed by atoms with Crippen LogP contribution in [0.25, 0.3) is 11.1 Å². The zero-order valence-electron chi connectivity index (χ0n) is 14.2. The molecule has 0 unspecified atom stereocenters. The van der Waals surface area contributed by atoms with E-state index in [2.05, 4.69) is 25.1 Å². The van der Waals surface area contributed by atoms with E-state index < -0.39 is 0 Å². The van der Waals surface area contributed by atoms with Crippen LogP contribution in [0.2, 0.25) is 0 Å². The highest BCUT2D eigenvalue weighted by atomic mass is 16.5. The van der Waals surface area contributed by atoms with Crippen LogP contribution in [0.3, 0.4) is 0 Å². The van der Waals surface area contributed by atoms with E-state index in [-0.39, 0.29) is 5.97 Å². The zero-order chi connectivity index (χ0) is 17.1. The Kier molecular flexibility index (Phi) is 4.48. The predicted octanol–water partition coefficient (Wildman–Crippen LogP) is 5.50. The van der Waals surface area contributed by atoms with Crippen molar-refractivity contribution in [2.75, 3.05) is 0 Å². The monoisotopic (exact) mass is 316 g/mol. The number of carbonyl (C=O) groups is 1. The molecule has 120 valence electrons. The summed E-state index contributed by atoms with van der Waals surface area (Å²) < 4.78 is 5.55. The maximum atomic E-state index is 12.3. The lowest BCUT2D eigenvalue weighted by molar-refractivity contribution is 0.0733. The molecule has 0 saturated carbocycles. The number of hydrogen-bond acceptors (Lipinski definition) is 2. The van der Waals surface area contributed by atoms with Crippen LogP contribution in [-0.4, -0.2) is 5.97 Å². The van der Waals surface area contributed by atoms with Gasteiger partial charge in [-0.15, -0.1) is 0 Å². The number of hydrogen-bond donors (Lipinski definition) is 0. The van der Waals surface area contributed by atoms with Crippen molar-refractivity contribution >= 4 is 5.97 Å². The topological polar surface area (TPSA) is 26.3 Å². The van der Waals surface area contributed by atoms with Gasteiger partial charge in [0, 0.05) is 0 Å². The van der Waals surface area contributed by atoms with Gasteiger partial charge in [-0.2, -0.15) is 0 Å². The van der Waals surface area contributed by atoms with Gasteiger partial charge in [-0.05, 0) is 61.7 Å². The van der Waals surface area contributed by atoms with Crippen LogP contribution in [0, 0.1) is 20.8 Å². The van der Waals surface area contributed by atoms with E-state index in [1.54, 1.807) is 12.1 Å². The Morgan fingerprint density at radius 1 is 0.750 bits per heavy atom. The third-order valence-electron chi connectivity index (χ3n) is 4.02. The average Bonchev–Trinajstić information content (AvgIpc) is 2.57. The lowest BCUT2D eigenvalue weighted by Gasteiger charge is -2.10. The molecule has 3 aromatic rings. The Morgan fingerprint density at radius 3 is 2.12 bits per heavy atom. The molecule has 24 heavy (non-hydrogen) atoms. The summed E-state index contributed by atoms with van der Waals surface area (Å²) in [6.45, 7) is 6.02. The van der Waals surface area contributed by atoms with E-state index in [0.29, 0.717) is 11.3 Å². The predicted molar refractivity (Wildman–Crippen MR) is 97.5 cm³/mol. The molecule has 2 heteroatoms. The second-order valence-corrected chi connectivity index (χ2v) is 6.11. The van der Waals surface area contributed by atoms with E-state index in [0.717, 1.165) is 22.3 Å². The molecule has 0 aliphatic heterocycles. The van der Waals surface area contributed by atoms with Gasteiger partial charge in [0.15, 0.2) is 0 Å². The summed E-state index contributed by atoms with van der Waals surface area (Å²) >= 11 is 0. The first kappa shape index (κ1) is 16.0. The number of ether oxygens (including phenoxy) is 1. The Morgan fingerprint density at radius 2 is 1.46 bits per heavy atom. The second-order valence-electron chi connectivity index (χ2n) is 6.11. The number of esters is 1. The summed E-state index contributed by atoms with van der Waals surface area (Å²) in [4.78, 5) is 12.3.